The Labute approximate surface area is 309 Å². The fourth-order valence-electron chi connectivity index (χ4n) is 8.00. The first-order chi connectivity index (χ1) is 25.1. The van der Waals surface area contributed by atoms with E-state index in [4.69, 9.17) is 36.5 Å². The Morgan fingerprint density at radius 1 is 1.10 bits per heavy atom. The molecule has 0 saturated carbocycles. The third-order valence-electron chi connectivity index (χ3n) is 10.2. The lowest BCUT2D eigenvalue weighted by molar-refractivity contribution is 0.0999. The predicted octanol–water partition coefficient (Wildman–Crippen LogP) is 9.19. The zero-order valence-electron chi connectivity index (χ0n) is 29.3. The number of nitrogens with two attached hydrogens (primary N) is 1. The molecule has 12 heteroatoms. The van der Waals surface area contributed by atoms with E-state index < -0.39 is 5.91 Å². The Hall–Kier alpha value is -4.87. The number of benzene rings is 2. The van der Waals surface area contributed by atoms with Gasteiger partial charge in [0.05, 0.1) is 40.4 Å². The van der Waals surface area contributed by atoms with E-state index in [9.17, 15) is 9.18 Å². The summed E-state index contributed by atoms with van der Waals surface area (Å²) in [7, 11) is 1.50. The minimum Gasteiger partial charge on any atom is -0.493 e. The van der Waals surface area contributed by atoms with Gasteiger partial charge in [-0.25, -0.2) is 9.37 Å². The molecule has 4 heterocycles. The van der Waals surface area contributed by atoms with Gasteiger partial charge in [0, 0.05) is 34.1 Å². The summed E-state index contributed by atoms with van der Waals surface area (Å²) in [6, 6.07) is 13.3. The number of aromatic nitrogens is 4. The van der Waals surface area contributed by atoms with Crippen molar-refractivity contribution < 1.29 is 18.3 Å². The van der Waals surface area contributed by atoms with Crippen molar-refractivity contribution in [3.63, 3.8) is 0 Å². The number of hydrogen-bond donors (Lipinski definition) is 2. The van der Waals surface area contributed by atoms with E-state index in [0.717, 1.165) is 56.1 Å². The van der Waals surface area contributed by atoms with E-state index in [1.165, 1.54) is 35.6 Å². The second-order valence-electron chi connectivity index (χ2n) is 14.1. The second-order valence-corrected chi connectivity index (χ2v) is 15.6. The fraction of sp³-hybridized carbons (Fsp3) is 0.325. The van der Waals surface area contributed by atoms with Crippen LogP contribution in [0.4, 0.5) is 10.2 Å². The summed E-state index contributed by atoms with van der Waals surface area (Å²) < 4.78 is 27.0. The zero-order chi connectivity index (χ0) is 36.3. The smallest absolute Gasteiger partial charge is 0.251 e. The molecule has 2 atom stereocenters. The third kappa shape index (κ3) is 6.09. The molecule has 6 aromatic rings. The molecular weight excluding hydrogens is 699 g/mol. The Kier molecular flexibility index (Phi) is 8.95. The number of anilines is 1. The fourth-order valence-corrected chi connectivity index (χ4v) is 9.36. The summed E-state index contributed by atoms with van der Waals surface area (Å²) in [5.74, 6) is 1.15. The number of hydrogen-bond acceptors (Lipinski definition) is 9. The van der Waals surface area contributed by atoms with Crippen LogP contribution >= 0.6 is 22.9 Å². The van der Waals surface area contributed by atoms with Gasteiger partial charge < -0.3 is 20.2 Å². The summed E-state index contributed by atoms with van der Waals surface area (Å²) in [6.07, 6.45) is 6.25. The predicted molar refractivity (Wildman–Crippen MR) is 202 cm³/mol. The maximum Gasteiger partial charge on any atom is 0.251 e. The molecule has 2 aliphatic rings. The van der Waals surface area contributed by atoms with Crippen molar-refractivity contribution >= 4 is 44.7 Å². The van der Waals surface area contributed by atoms with E-state index >= 15 is 0 Å². The number of methoxy groups -OCH3 is 1. The number of amides is 1. The number of primary amides is 1. The molecule has 0 saturated heterocycles. The molecule has 3 N–H and O–H groups in total. The number of rotatable bonds is 10. The normalized spacial score (nSPS) is 16.4. The second kappa shape index (κ2) is 13.6. The monoisotopic (exact) mass is 736 g/mol. The van der Waals surface area contributed by atoms with Crippen molar-refractivity contribution in [2.75, 3.05) is 12.4 Å². The summed E-state index contributed by atoms with van der Waals surface area (Å²) in [5.41, 5.74) is 13.7. The molecule has 2 unspecified atom stereocenters. The topological polar surface area (TPSA) is 129 Å². The molecule has 8 rings (SSSR count). The van der Waals surface area contributed by atoms with E-state index in [1.807, 2.05) is 24.3 Å². The summed E-state index contributed by atoms with van der Waals surface area (Å²) in [6.45, 7) is 5.95. The van der Waals surface area contributed by atoms with Crippen LogP contribution in [-0.4, -0.2) is 33.2 Å². The van der Waals surface area contributed by atoms with E-state index in [2.05, 4.69) is 41.5 Å². The highest BCUT2D eigenvalue weighted by Gasteiger charge is 2.33. The lowest BCUT2D eigenvalue weighted by atomic mass is 9.88. The number of pyridine rings is 2. The number of aryl methyl sites for hydroxylation is 2. The first kappa shape index (κ1) is 34.2. The minimum atomic E-state index is -0.569. The van der Waals surface area contributed by atoms with Gasteiger partial charge in [-0.05, 0) is 103 Å². The minimum absolute atomic E-state index is 0.0828. The zero-order valence-corrected chi connectivity index (χ0v) is 30.9. The van der Waals surface area contributed by atoms with Crippen LogP contribution in [0.1, 0.15) is 88.5 Å². The Bertz CT molecular complexity index is 2370. The van der Waals surface area contributed by atoms with Gasteiger partial charge in [0.25, 0.3) is 5.91 Å². The number of thiophene rings is 1. The molecule has 9 nitrogen and oxygen atoms in total. The standard InChI is InChI=1S/C40H38ClFN6O3S/c1-19(2)15-30-33(38(43)49)35(34(40-48-47-20(3)51-40)31(45-30)17-22-6-5-21-16-24(41)7-8-25(21)22)32-18-23-13-14-44-39(37(23)52-32)46-29-12-10-27-26(29)9-11-28(42)36(27)50-4/h7-9,11,13-14,16,18-19,22,29H,5-6,10,12,15,17H2,1-4H3,(H2,43,49)(H,44,46). The Morgan fingerprint density at radius 2 is 1.92 bits per heavy atom. The van der Waals surface area contributed by atoms with E-state index in [1.54, 1.807) is 13.1 Å². The van der Waals surface area contributed by atoms with Crippen LogP contribution in [0, 0.1) is 18.7 Å². The molecule has 1 amide bonds. The molecular formula is C40H38ClFN6O3S. The molecule has 0 spiro atoms. The summed E-state index contributed by atoms with van der Waals surface area (Å²) >= 11 is 7.88. The molecule has 4 aromatic heterocycles. The van der Waals surface area contributed by atoms with Crippen molar-refractivity contribution in [2.24, 2.45) is 11.7 Å². The van der Waals surface area contributed by atoms with Crippen LogP contribution in [0.25, 0.3) is 32.0 Å². The van der Waals surface area contributed by atoms with Crippen molar-refractivity contribution in [3.8, 4) is 27.6 Å². The first-order valence-electron chi connectivity index (χ1n) is 17.5. The van der Waals surface area contributed by atoms with Gasteiger partial charge in [0.15, 0.2) is 11.6 Å². The molecule has 0 bridgehead atoms. The van der Waals surface area contributed by atoms with E-state index in [0.29, 0.717) is 65.0 Å². The number of carbonyl (C=O) groups excluding carboxylic acids is 1. The summed E-state index contributed by atoms with van der Waals surface area (Å²) in [4.78, 5) is 24.4. The number of halogens is 2. The van der Waals surface area contributed by atoms with Crippen LogP contribution in [0.15, 0.2) is 53.1 Å². The maximum atomic E-state index is 14.5. The Morgan fingerprint density at radius 3 is 2.67 bits per heavy atom. The maximum absolute atomic E-state index is 14.5. The molecule has 2 aliphatic carbocycles. The lowest BCUT2D eigenvalue weighted by Gasteiger charge is -2.21. The average Bonchev–Trinajstić information content (AvgIpc) is 3.91. The van der Waals surface area contributed by atoms with Crippen LogP contribution in [0.2, 0.25) is 5.02 Å². The number of nitrogens with one attached hydrogen (secondary N) is 1. The quantitative estimate of drug-likeness (QED) is 0.142. The molecule has 266 valence electrons. The summed E-state index contributed by atoms with van der Waals surface area (Å²) in [5, 5.41) is 14.0. The van der Waals surface area contributed by atoms with Crippen LogP contribution < -0.4 is 15.8 Å². The van der Waals surface area contributed by atoms with Gasteiger partial charge in [-0.15, -0.1) is 21.5 Å². The van der Waals surface area contributed by atoms with Crippen molar-refractivity contribution in [1.82, 2.24) is 20.2 Å². The van der Waals surface area contributed by atoms with Crippen LogP contribution in [0.3, 0.4) is 0 Å². The van der Waals surface area contributed by atoms with Gasteiger partial charge in [0.1, 0.15) is 5.82 Å². The van der Waals surface area contributed by atoms with E-state index in [-0.39, 0.29) is 23.7 Å². The van der Waals surface area contributed by atoms with Crippen molar-refractivity contribution in [2.45, 2.75) is 71.3 Å². The number of nitrogens with zero attached hydrogens (tertiary/aromatic N) is 4. The molecule has 0 aliphatic heterocycles. The molecule has 2 aromatic carbocycles. The van der Waals surface area contributed by atoms with Gasteiger partial charge in [-0.2, -0.15) is 0 Å². The number of ether oxygens (including phenoxy) is 1. The van der Waals surface area contributed by atoms with Crippen LogP contribution in [0.5, 0.6) is 5.75 Å². The van der Waals surface area contributed by atoms with Crippen molar-refractivity contribution in [3.05, 3.63) is 105 Å². The van der Waals surface area contributed by atoms with Crippen LogP contribution in [-0.2, 0) is 25.7 Å². The highest BCUT2D eigenvalue weighted by atomic mass is 35.5. The molecule has 52 heavy (non-hydrogen) atoms. The molecule has 0 radical (unpaired) electrons. The molecule has 0 fully saturated rings. The largest absolute Gasteiger partial charge is 0.493 e. The highest BCUT2D eigenvalue weighted by Crippen LogP contribution is 2.47. The van der Waals surface area contributed by atoms with Gasteiger partial charge >= 0.3 is 0 Å². The lowest BCUT2D eigenvalue weighted by Crippen LogP contribution is -2.20. The Balaban J connectivity index is 1.30. The number of carbonyl (C=O) groups is 1. The third-order valence-corrected chi connectivity index (χ3v) is 11.6. The average molecular weight is 737 g/mol. The first-order valence-corrected chi connectivity index (χ1v) is 18.7. The van der Waals surface area contributed by atoms with Crippen molar-refractivity contribution in [1.29, 1.82) is 0 Å². The van der Waals surface area contributed by atoms with Gasteiger partial charge in [-0.1, -0.05) is 37.6 Å². The SMILES string of the molecule is COc1c(F)ccc2c1CCC2Nc1nccc2cc(-c3c(C(N)=O)c(CC(C)C)nc(CC4CCc5cc(Cl)ccc54)c3-c3nnc(C)o3)sc12. The highest BCUT2D eigenvalue weighted by molar-refractivity contribution is 7.23. The van der Waals surface area contributed by atoms with Gasteiger partial charge in [-0.3, -0.25) is 9.78 Å². The van der Waals surface area contributed by atoms with Gasteiger partial charge in [0.2, 0.25) is 11.8 Å². The number of fused-ring (bicyclic) bond motifs is 3.